The van der Waals surface area contributed by atoms with Gasteiger partial charge in [-0.15, -0.1) is 24.0 Å². The van der Waals surface area contributed by atoms with Gasteiger partial charge in [0.1, 0.15) is 35.9 Å². The molecule has 1 aromatic carbocycles. The third-order valence-electron chi connectivity index (χ3n) is 5.32. The lowest BCUT2D eigenvalue weighted by atomic mass is 9.96. The van der Waals surface area contributed by atoms with Crippen LogP contribution in [0.1, 0.15) is 42.8 Å². The Morgan fingerprint density at radius 3 is 2.86 bits per heavy atom. The molecule has 1 aliphatic heterocycles. The zero-order chi connectivity index (χ0) is 19.5. The summed E-state index contributed by atoms with van der Waals surface area (Å²) in [5.41, 5.74) is 1.64. The SMILES string of the molecule is CCNC(=NCc1oc2ccc(F)cc2c1C)N1CCC(c2ncn[nH]2)CC1.I. The van der Waals surface area contributed by atoms with E-state index in [4.69, 9.17) is 9.41 Å². The fraction of sp³-hybridized carbons (Fsp3) is 0.450. The summed E-state index contributed by atoms with van der Waals surface area (Å²) in [6.07, 6.45) is 3.57. The molecule has 0 bridgehead atoms. The number of aromatic amines is 1. The molecule has 4 rings (SSSR count). The summed E-state index contributed by atoms with van der Waals surface area (Å²) in [4.78, 5) is 11.3. The highest BCUT2D eigenvalue weighted by Gasteiger charge is 2.24. The molecule has 1 saturated heterocycles. The van der Waals surface area contributed by atoms with Gasteiger partial charge in [-0.3, -0.25) is 5.10 Å². The smallest absolute Gasteiger partial charge is 0.194 e. The fourth-order valence-electron chi connectivity index (χ4n) is 3.74. The van der Waals surface area contributed by atoms with Crippen molar-refractivity contribution in [3.63, 3.8) is 0 Å². The molecule has 0 saturated carbocycles. The van der Waals surface area contributed by atoms with Crippen LogP contribution in [0.2, 0.25) is 0 Å². The number of aromatic nitrogens is 3. The molecule has 1 aliphatic rings. The second-order valence-electron chi connectivity index (χ2n) is 7.09. The number of H-pyrrole nitrogens is 1. The van der Waals surface area contributed by atoms with E-state index in [1.807, 2.05) is 6.92 Å². The third kappa shape index (κ3) is 4.71. The Labute approximate surface area is 186 Å². The van der Waals surface area contributed by atoms with E-state index in [9.17, 15) is 4.39 Å². The number of aryl methyl sites for hydroxylation is 1. The number of nitrogens with one attached hydrogen (secondary N) is 2. The average Bonchev–Trinajstić information content (AvgIpc) is 3.35. The number of hydrogen-bond donors (Lipinski definition) is 2. The second-order valence-corrected chi connectivity index (χ2v) is 7.09. The molecular weight excluding hydrogens is 486 g/mol. The lowest BCUT2D eigenvalue weighted by Gasteiger charge is -2.33. The maximum absolute atomic E-state index is 13.5. The van der Waals surface area contributed by atoms with E-state index < -0.39 is 0 Å². The van der Waals surface area contributed by atoms with E-state index in [0.717, 1.165) is 61.0 Å². The first-order chi connectivity index (χ1) is 13.7. The summed E-state index contributed by atoms with van der Waals surface area (Å²) in [6, 6.07) is 4.60. The number of guanidine groups is 1. The van der Waals surface area contributed by atoms with Crippen LogP contribution in [-0.2, 0) is 6.54 Å². The number of likely N-dealkylation sites (tertiary alicyclic amines) is 1. The van der Waals surface area contributed by atoms with Gasteiger partial charge in [0.2, 0.25) is 0 Å². The normalized spacial score (nSPS) is 15.6. The Morgan fingerprint density at radius 2 is 2.17 bits per heavy atom. The molecule has 29 heavy (non-hydrogen) atoms. The Kier molecular flexibility index (Phi) is 7.09. The number of nitrogens with zero attached hydrogens (tertiary/aromatic N) is 4. The van der Waals surface area contributed by atoms with Gasteiger partial charge in [-0.25, -0.2) is 14.4 Å². The molecule has 0 amide bonds. The first-order valence-electron chi connectivity index (χ1n) is 9.71. The Morgan fingerprint density at radius 1 is 1.38 bits per heavy atom. The molecule has 3 heterocycles. The lowest BCUT2D eigenvalue weighted by molar-refractivity contribution is 0.298. The van der Waals surface area contributed by atoms with Gasteiger partial charge in [-0.1, -0.05) is 0 Å². The molecule has 1 fully saturated rings. The van der Waals surface area contributed by atoms with Gasteiger partial charge in [0, 0.05) is 36.5 Å². The number of halogens is 2. The van der Waals surface area contributed by atoms with Crippen molar-refractivity contribution in [2.75, 3.05) is 19.6 Å². The molecule has 3 aromatic rings. The minimum absolute atomic E-state index is 0. The zero-order valence-electron chi connectivity index (χ0n) is 16.6. The molecule has 9 heteroatoms. The van der Waals surface area contributed by atoms with Crippen LogP contribution < -0.4 is 5.32 Å². The predicted octanol–water partition coefficient (Wildman–Crippen LogP) is 3.96. The summed E-state index contributed by atoms with van der Waals surface area (Å²) in [6.45, 7) is 7.04. The maximum Gasteiger partial charge on any atom is 0.194 e. The van der Waals surface area contributed by atoms with Crippen molar-refractivity contribution in [1.82, 2.24) is 25.4 Å². The number of benzene rings is 1. The second kappa shape index (κ2) is 9.55. The number of fused-ring (bicyclic) bond motifs is 1. The molecule has 0 unspecified atom stereocenters. The highest BCUT2D eigenvalue weighted by Crippen LogP contribution is 2.27. The predicted molar refractivity (Wildman–Crippen MR) is 121 cm³/mol. The van der Waals surface area contributed by atoms with Crippen LogP contribution in [0.25, 0.3) is 11.0 Å². The molecule has 0 radical (unpaired) electrons. The van der Waals surface area contributed by atoms with Crippen molar-refractivity contribution >= 4 is 40.9 Å². The lowest BCUT2D eigenvalue weighted by Crippen LogP contribution is -2.45. The zero-order valence-corrected chi connectivity index (χ0v) is 18.9. The topological polar surface area (TPSA) is 82.3 Å². The van der Waals surface area contributed by atoms with Crippen molar-refractivity contribution in [3.05, 3.63) is 47.5 Å². The summed E-state index contributed by atoms with van der Waals surface area (Å²) in [5.74, 6) is 2.77. The van der Waals surface area contributed by atoms with Crippen LogP contribution in [0.15, 0.2) is 33.9 Å². The van der Waals surface area contributed by atoms with Crippen LogP contribution in [0.3, 0.4) is 0 Å². The van der Waals surface area contributed by atoms with Gasteiger partial charge in [0.25, 0.3) is 0 Å². The molecule has 2 aromatic heterocycles. The van der Waals surface area contributed by atoms with E-state index in [1.165, 1.54) is 12.1 Å². The van der Waals surface area contributed by atoms with Gasteiger partial charge in [-0.2, -0.15) is 5.10 Å². The van der Waals surface area contributed by atoms with E-state index in [0.29, 0.717) is 18.0 Å². The van der Waals surface area contributed by atoms with Gasteiger partial charge in [-0.05, 0) is 44.9 Å². The van der Waals surface area contributed by atoms with Crippen LogP contribution in [0.4, 0.5) is 4.39 Å². The summed E-state index contributed by atoms with van der Waals surface area (Å²) in [5, 5.41) is 11.1. The van der Waals surface area contributed by atoms with Crippen molar-refractivity contribution in [2.45, 2.75) is 39.2 Å². The van der Waals surface area contributed by atoms with Crippen molar-refractivity contribution in [3.8, 4) is 0 Å². The number of piperidine rings is 1. The largest absolute Gasteiger partial charge is 0.459 e. The van der Waals surface area contributed by atoms with Crippen LogP contribution in [0.5, 0.6) is 0 Å². The number of furan rings is 1. The minimum atomic E-state index is -0.255. The molecule has 2 N–H and O–H groups in total. The molecule has 0 atom stereocenters. The van der Waals surface area contributed by atoms with E-state index in [-0.39, 0.29) is 29.8 Å². The van der Waals surface area contributed by atoms with Crippen LogP contribution in [0, 0.1) is 12.7 Å². The number of aliphatic imine (C=N–C) groups is 1. The summed E-state index contributed by atoms with van der Waals surface area (Å²) < 4.78 is 19.4. The summed E-state index contributed by atoms with van der Waals surface area (Å²) in [7, 11) is 0. The first-order valence-corrected chi connectivity index (χ1v) is 9.71. The van der Waals surface area contributed by atoms with E-state index in [2.05, 4.69) is 32.3 Å². The van der Waals surface area contributed by atoms with Gasteiger partial charge >= 0.3 is 0 Å². The minimum Gasteiger partial charge on any atom is -0.459 e. The van der Waals surface area contributed by atoms with Crippen LogP contribution in [-0.4, -0.2) is 45.7 Å². The molecule has 0 aliphatic carbocycles. The Balaban J connectivity index is 0.00000240. The number of rotatable bonds is 4. The summed E-state index contributed by atoms with van der Waals surface area (Å²) >= 11 is 0. The van der Waals surface area contributed by atoms with E-state index in [1.54, 1.807) is 12.4 Å². The van der Waals surface area contributed by atoms with E-state index >= 15 is 0 Å². The van der Waals surface area contributed by atoms with Gasteiger partial charge in [0.15, 0.2) is 5.96 Å². The quantitative estimate of drug-likeness (QED) is 0.314. The first kappa shape index (κ1) is 21.5. The van der Waals surface area contributed by atoms with Crippen molar-refractivity contribution in [1.29, 1.82) is 0 Å². The number of hydrogen-bond acceptors (Lipinski definition) is 4. The Hall–Kier alpha value is -2.17. The monoisotopic (exact) mass is 512 g/mol. The third-order valence-corrected chi connectivity index (χ3v) is 5.32. The standard InChI is InChI=1S/C20H25FN6O.HI/c1-3-22-20(27-8-6-14(7-9-27)19-24-12-25-26-19)23-11-18-13(2)16-10-15(21)4-5-17(16)28-18;/h4-5,10,12,14H,3,6-9,11H2,1-2H3,(H,22,23)(H,24,25,26);1H. The highest BCUT2D eigenvalue weighted by atomic mass is 127. The van der Waals surface area contributed by atoms with Gasteiger partial charge in [0.05, 0.1) is 0 Å². The fourth-order valence-corrected chi connectivity index (χ4v) is 3.74. The van der Waals surface area contributed by atoms with Crippen LogP contribution >= 0.6 is 24.0 Å². The van der Waals surface area contributed by atoms with Crippen molar-refractivity contribution < 1.29 is 8.81 Å². The molecule has 7 nitrogen and oxygen atoms in total. The van der Waals surface area contributed by atoms with Gasteiger partial charge < -0.3 is 14.6 Å². The molecular formula is C20H26FIN6O. The Bertz CT molecular complexity index is 963. The maximum atomic E-state index is 13.5. The molecule has 0 spiro atoms. The highest BCUT2D eigenvalue weighted by molar-refractivity contribution is 14.0. The molecule has 156 valence electrons. The average molecular weight is 512 g/mol. The van der Waals surface area contributed by atoms with Crippen molar-refractivity contribution in [2.24, 2.45) is 4.99 Å².